The molecule has 1 aliphatic carbocycles. The molecule has 1 aromatic rings. The largest absolute Gasteiger partial charge is 0.380 e. The summed E-state index contributed by atoms with van der Waals surface area (Å²) in [5, 5.41) is 9.44. The lowest BCUT2D eigenvalue weighted by atomic mass is 9.80. The fourth-order valence-corrected chi connectivity index (χ4v) is 1.93. The highest BCUT2D eigenvalue weighted by Gasteiger charge is 2.24. The van der Waals surface area contributed by atoms with Gasteiger partial charge in [0.05, 0.1) is 11.9 Å². The van der Waals surface area contributed by atoms with Gasteiger partial charge >= 0.3 is 0 Å². The fourth-order valence-electron chi connectivity index (χ4n) is 1.79. The van der Waals surface area contributed by atoms with E-state index in [9.17, 15) is 4.79 Å². The number of halogens is 1. The van der Waals surface area contributed by atoms with Crippen molar-refractivity contribution in [2.24, 2.45) is 5.92 Å². The summed E-state index contributed by atoms with van der Waals surface area (Å²) in [5.74, 6) is 0.695. The molecule has 1 atom stereocenters. The van der Waals surface area contributed by atoms with Gasteiger partial charge in [0.2, 0.25) is 0 Å². The van der Waals surface area contributed by atoms with Crippen molar-refractivity contribution in [2.75, 3.05) is 5.32 Å². The second kappa shape index (κ2) is 4.23. The lowest BCUT2D eigenvalue weighted by Gasteiger charge is -2.32. The number of aromatic amines is 1. The fraction of sp³-hybridized carbons (Fsp3) is 0.600. The first-order valence-electron chi connectivity index (χ1n) is 5.18. The van der Waals surface area contributed by atoms with Crippen LogP contribution in [0.5, 0.6) is 0 Å². The second-order valence-electron chi connectivity index (χ2n) is 4.05. The van der Waals surface area contributed by atoms with Crippen LogP contribution in [0.15, 0.2) is 11.0 Å². The number of aromatic nitrogens is 2. The molecule has 5 heteroatoms. The van der Waals surface area contributed by atoms with Gasteiger partial charge in [0.1, 0.15) is 5.02 Å². The van der Waals surface area contributed by atoms with Crippen LogP contribution in [0.25, 0.3) is 0 Å². The third kappa shape index (κ3) is 2.15. The number of hydrogen-bond donors (Lipinski definition) is 2. The Morgan fingerprint density at radius 3 is 3.00 bits per heavy atom. The van der Waals surface area contributed by atoms with Crippen molar-refractivity contribution in [3.8, 4) is 0 Å². The van der Waals surface area contributed by atoms with E-state index in [4.69, 9.17) is 11.6 Å². The molecule has 1 heterocycles. The smallest absolute Gasteiger partial charge is 0.285 e. The minimum Gasteiger partial charge on any atom is -0.380 e. The lowest BCUT2D eigenvalue weighted by molar-refractivity contribution is 0.285. The molecule has 2 rings (SSSR count). The summed E-state index contributed by atoms with van der Waals surface area (Å²) >= 11 is 5.86. The number of nitrogens with one attached hydrogen (secondary N) is 2. The molecule has 0 amide bonds. The zero-order valence-corrected chi connectivity index (χ0v) is 9.34. The monoisotopic (exact) mass is 227 g/mol. The van der Waals surface area contributed by atoms with Gasteiger partial charge in [-0.3, -0.25) is 4.79 Å². The van der Waals surface area contributed by atoms with Gasteiger partial charge in [-0.15, -0.1) is 0 Å². The van der Waals surface area contributed by atoms with E-state index >= 15 is 0 Å². The summed E-state index contributed by atoms with van der Waals surface area (Å²) in [6.07, 6.45) is 5.36. The quantitative estimate of drug-likeness (QED) is 0.831. The molecule has 1 fully saturated rings. The first-order valence-corrected chi connectivity index (χ1v) is 5.56. The first kappa shape index (κ1) is 10.5. The predicted molar refractivity (Wildman–Crippen MR) is 60.3 cm³/mol. The van der Waals surface area contributed by atoms with Crippen LogP contribution < -0.4 is 10.9 Å². The normalized spacial score (nSPS) is 18.3. The first-order chi connectivity index (χ1) is 7.18. The van der Waals surface area contributed by atoms with Gasteiger partial charge in [-0.05, 0) is 25.7 Å². The molecule has 0 bridgehead atoms. The maximum Gasteiger partial charge on any atom is 0.285 e. The number of H-pyrrole nitrogens is 1. The van der Waals surface area contributed by atoms with Gasteiger partial charge in [-0.2, -0.15) is 5.10 Å². The van der Waals surface area contributed by atoms with E-state index in [-0.39, 0.29) is 10.6 Å². The van der Waals surface area contributed by atoms with Crippen LogP contribution in [-0.4, -0.2) is 16.2 Å². The summed E-state index contributed by atoms with van der Waals surface area (Å²) in [5.41, 5.74) is 0.280. The van der Waals surface area contributed by atoms with Crippen LogP contribution in [0.1, 0.15) is 26.2 Å². The molecular weight excluding hydrogens is 214 g/mol. The van der Waals surface area contributed by atoms with E-state index in [0.717, 1.165) is 0 Å². The van der Waals surface area contributed by atoms with Crippen LogP contribution in [0, 0.1) is 5.92 Å². The van der Waals surface area contributed by atoms with Crippen molar-refractivity contribution in [3.63, 3.8) is 0 Å². The highest BCUT2D eigenvalue weighted by Crippen LogP contribution is 2.31. The predicted octanol–water partition coefficient (Wildman–Crippen LogP) is 2.02. The molecule has 1 aromatic heterocycles. The summed E-state index contributed by atoms with van der Waals surface area (Å²) in [4.78, 5) is 11.2. The van der Waals surface area contributed by atoms with Crippen LogP contribution in [-0.2, 0) is 0 Å². The minimum absolute atomic E-state index is 0.191. The molecule has 0 aromatic carbocycles. The van der Waals surface area contributed by atoms with Gasteiger partial charge in [0.25, 0.3) is 5.56 Å². The third-order valence-electron chi connectivity index (χ3n) is 3.04. The molecule has 1 unspecified atom stereocenters. The number of hydrogen-bond acceptors (Lipinski definition) is 3. The maximum absolute atomic E-state index is 11.2. The Bertz CT molecular complexity index is 400. The molecule has 15 heavy (non-hydrogen) atoms. The molecule has 82 valence electrons. The molecule has 2 N–H and O–H groups in total. The SMILES string of the molecule is CC(Nc1cn[nH]c(=O)c1Cl)C1CCC1. The van der Waals surface area contributed by atoms with Crippen molar-refractivity contribution in [3.05, 3.63) is 21.6 Å². The van der Waals surface area contributed by atoms with Crippen LogP contribution >= 0.6 is 11.6 Å². The Morgan fingerprint density at radius 2 is 2.40 bits per heavy atom. The van der Waals surface area contributed by atoms with Gasteiger partial charge in [-0.25, -0.2) is 5.10 Å². The highest BCUT2D eigenvalue weighted by molar-refractivity contribution is 6.32. The van der Waals surface area contributed by atoms with E-state index in [1.165, 1.54) is 19.3 Å². The Kier molecular flexibility index (Phi) is 2.95. The van der Waals surface area contributed by atoms with Gasteiger partial charge < -0.3 is 5.32 Å². The summed E-state index contributed by atoms with van der Waals surface area (Å²) in [7, 11) is 0. The molecular formula is C10H14ClN3O. The van der Waals surface area contributed by atoms with Crippen molar-refractivity contribution in [1.29, 1.82) is 0 Å². The van der Waals surface area contributed by atoms with Crippen molar-refractivity contribution in [2.45, 2.75) is 32.2 Å². The van der Waals surface area contributed by atoms with E-state index in [2.05, 4.69) is 22.4 Å². The molecule has 4 nitrogen and oxygen atoms in total. The lowest BCUT2D eigenvalue weighted by Crippen LogP contribution is -2.31. The number of anilines is 1. The minimum atomic E-state index is -0.345. The molecule has 0 aliphatic heterocycles. The number of rotatable bonds is 3. The molecule has 0 spiro atoms. The van der Waals surface area contributed by atoms with Crippen LogP contribution in [0.3, 0.4) is 0 Å². The van der Waals surface area contributed by atoms with Crippen LogP contribution in [0.2, 0.25) is 5.02 Å². The van der Waals surface area contributed by atoms with Crippen molar-refractivity contribution >= 4 is 17.3 Å². The van der Waals surface area contributed by atoms with Gasteiger partial charge in [0, 0.05) is 6.04 Å². The van der Waals surface area contributed by atoms with E-state index in [1.54, 1.807) is 6.20 Å². The highest BCUT2D eigenvalue weighted by atomic mass is 35.5. The van der Waals surface area contributed by atoms with Gasteiger partial charge in [-0.1, -0.05) is 18.0 Å². The summed E-state index contributed by atoms with van der Waals surface area (Å²) in [6, 6.07) is 0.347. The Morgan fingerprint density at radius 1 is 1.67 bits per heavy atom. The molecule has 0 saturated heterocycles. The standard InChI is InChI=1S/C10H14ClN3O/c1-6(7-3-2-4-7)13-8-5-12-14-10(15)9(8)11/h5-7H,2-4H2,1H3,(H2,13,14,15). The van der Waals surface area contributed by atoms with Gasteiger partial charge in [0.15, 0.2) is 0 Å². The van der Waals surface area contributed by atoms with Crippen molar-refractivity contribution in [1.82, 2.24) is 10.2 Å². The van der Waals surface area contributed by atoms with E-state index < -0.39 is 0 Å². The summed E-state index contributed by atoms with van der Waals surface area (Å²) < 4.78 is 0. The van der Waals surface area contributed by atoms with Crippen LogP contribution in [0.4, 0.5) is 5.69 Å². The maximum atomic E-state index is 11.2. The van der Waals surface area contributed by atoms with Crippen molar-refractivity contribution < 1.29 is 0 Å². The molecule has 1 aliphatic rings. The zero-order valence-electron chi connectivity index (χ0n) is 8.59. The Labute approximate surface area is 93.0 Å². The third-order valence-corrected chi connectivity index (χ3v) is 3.41. The molecule has 1 saturated carbocycles. The average Bonchev–Trinajstić information content (AvgIpc) is 2.10. The number of nitrogens with zero attached hydrogens (tertiary/aromatic N) is 1. The Balaban J connectivity index is 2.09. The van der Waals surface area contributed by atoms with E-state index in [0.29, 0.717) is 17.6 Å². The topological polar surface area (TPSA) is 57.8 Å². The zero-order chi connectivity index (χ0) is 10.8. The Hall–Kier alpha value is -1.03. The molecule has 0 radical (unpaired) electrons. The average molecular weight is 228 g/mol. The summed E-state index contributed by atoms with van der Waals surface area (Å²) in [6.45, 7) is 2.11. The second-order valence-corrected chi connectivity index (χ2v) is 4.43. The van der Waals surface area contributed by atoms with E-state index in [1.807, 2.05) is 0 Å².